The molecule has 3 fully saturated rings. The van der Waals surface area contributed by atoms with Gasteiger partial charge in [-0.15, -0.1) is 0 Å². The van der Waals surface area contributed by atoms with Gasteiger partial charge in [0.1, 0.15) is 0 Å². The minimum absolute atomic E-state index is 0.430. The van der Waals surface area contributed by atoms with Crippen molar-refractivity contribution in [1.29, 1.82) is 0 Å². The lowest BCUT2D eigenvalue weighted by atomic mass is 9.77. The van der Waals surface area contributed by atoms with E-state index in [4.69, 9.17) is 4.74 Å². The Labute approximate surface area is 140 Å². The zero-order valence-electron chi connectivity index (χ0n) is 14.5. The SMILES string of the molecule is CC1(CN2CCC3(CCN(Cc4ccccc4)CC3)C2)COC1. The summed E-state index contributed by atoms with van der Waals surface area (Å²) in [6.45, 7) is 11.8. The molecule has 3 aliphatic rings. The second-order valence-corrected chi connectivity index (χ2v) is 8.53. The van der Waals surface area contributed by atoms with Crippen LogP contribution in [0.2, 0.25) is 0 Å². The average molecular weight is 314 g/mol. The van der Waals surface area contributed by atoms with Gasteiger partial charge in [0.05, 0.1) is 13.2 Å². The highest BCUT2D eigenvalue weighted by molar-refractivity contribution is 5.14. The van der Waals surface area contributed by atoms with Crippen LogP contribution in [0.5, 0.6) is 0 Å². The lowest BCUT2D eigenvalue weighted by molar-refractivity contribution is -0.114. The van der Waals surface area contributed by atoms with Gasteiger partial charge in [0.15, 0.2) is 0 Å². The van der Waals surface area contributed by atoms with Crippen LogP contribution in [0.4, 0.5) is 0 Å². The Bertz CT molecular complexity index is 518. The van der Waals surface area contributed by atoms with Crippen LogP contribution < -0.4 is 0 Å². The molecular formula is C20H30N2O. The van der Waals surface area contributed by atoms with Crippen molar-refractivity contribution in [3.8, 4) is 0 Å². The van der Waals surface area contributed by atoms with E-state index in [2.05, 4.69) is 47.1 Å². The first-order valence-electron chi connectivity index (χ1n) is 9.21. The maximum absolute atomic E-state index is 5.42. The Kier molecular flexibility index (Phi) is 4.21. The van der Waals surface area contributed by atoms with Gasteiger partial charge >= 0.3 is 0 Å². The molecule has 1 aromatic carbocycles. The normalized spacial score (nSPS) is 27.2. The predicted octanol–water partition coefficient (Wildman–Crippen LogP) is 3.01. The zero-order chi connectivity index (χ0) is 15.8. The molecule has 0 saturated carbocycles. The second kappa shape index (κ2) is 6.19. The van der Waals surface area contributed by atoms with E-state index in [1.807, 2.05) is 0 Å². The number of nitrogens with zero attached hydrogens (tertiary/aromatic N) is 2. The number of hydrogen-bond donors (Lipinski definition) is 0. The highest BCUT2D eigenvalue weighted by Gasteiger charge is 2.43. The first-order valence-corrected chi connectivity index (χ1v) is 9.21. The topological polar surface area (TPSA) is 15.7 Å². The van der Waals surface area contributed by atoms with Crippen molar-refractivity contribution < 1.29 is 4.74 Å². The Hall–Kier alpha value is -0.900. The molecule has 1 aromatic rings. The minimum Gasteiger partial charge on any atom is -0.380 e. The highest BCUT2D eigenvalue weighted by Crippen LogP contribution is 2.42. The van der Waals surface area contributed by atoms with Gasteiger partial charge in [-0.1, -0.05) is 37.3 Å². The minimum atomic E-state index is 0.430. The summed E-state index contributed by atoms with van der Waals surface area (Å²) in [5.41, 5.74) is 2.49. The van der Waals surface area contributed by atoms with Crippen molar-refractivity contribution >= 4 is 0 Å². The number of hydrogen-bond acceptors (Lipinski definition) is 3. The van der Waals surface area contributed by atoms with Gasteiger partial charge in [0, 0.05) is 25.0 Å². The van der Waals surface area contributed by atoms with Crippen LogP contribution in [0.3, 0.4) is 0 Å². The van der Waals surface area contributed by atoms with Crippen molar-refractivity contribution in [2.45, 2.75) is 32.7 Å². The van der Waals surface area contributed by atoms with Gasteiger partial charge in [-0.3, -0.25) is 4.90 Å². The fourth-order valence-corrected chi connectivity index (χ4v) is 4.68. The van der Waals surface area contributed by atoms with Crippen molar-refractivity contribution in [3.63, 3.8) is 0 Å². The number of likely N-dealkylation sites (tertiary alicyclic amines) is 2. The van der Waals surface area contributed by atoms with Crippen molar-refractivity contribution in [2.24, 2.45) is 10.8 Å². The molecule has 126 valence electrons. The van der Waals surface area contributed by atoms with Crippen LogP contribution in [0, 0.1) is 10.8 Å². The molecule has 3 aliphatic heterocycles. The highest BCUT2D eigenvalue weighted by atomic mass is 16.5. The fraction of sp³-hybridized carbons (Fsp3) is 0.700. The van der Waals surface area contributed by atoms with E-state index < -0.39 is 0 Å². The summed E-state index contributed by atoms with van der Waals surface area (Å²) >= 11 is 0. The molecule has 3 heterocycles. The standard InChI is InChI=1S/C20H30N2O/c1-19(16-23-17-19)14-22-12-9-20(15-22)7-10-21(11-8-20)13-18-5-3-2-4-6-18/h2-6H,7-17H2,1H3. The fourth-order valence-electron chi connectivity index (χ4n) is 4.68. The van der Waals surface area contributed by atoms with Gasteiger partial charge < -0.3 is 9.64 Å². The van der Waals surface area contributed by atoms with Crippen LogP contribution in [-0.2, 0) is 11.3 Å². The van der Waals surface area contributed by atoms with Gasteiger partial charge in [0.2, 0.25) is 0 Å². The molecule has 3 nitrogen and oxygen atoms in total. The summed E-state index contributed by atoms with van der Waals surface area (Å²) in [6, 6.07) is 10.9. The van der Waals surface area contributed by atoms with E-state index in [1.165, 1.54) is 57.5 Å². The van der Waals surface area contributed by atoms with Crippen molar-refractivity contribution in [2.75, 3.05) is 45.9 Å². The Balaban J connectivity index is 1.28. The van der Waals surface area contributed by atoms with Crippen LogP contribution in [0.25, 0.3) is 0 Å². The first-order chi connectivity index (χ1) is 11.1. The molecule has 0 N–H and O–H groups in total. The number of benzene rings is 1. The second-order valence-electron chi connectivity index (χ2n) is 8.53. The molecule has 0 unspecified atom stereocenters. The number of piperidine rings is 1. The molecule has 0 atom stereocenters. The lowest BCUT2D eigenvalue weighted by Gasteiger charge is -2.42. The molecular weight excluding hydrogens is 284 g/mol. The third kappa shape index (κ3) is 3.47. The van der Waals surface area contributed by atoms with Crippen molar-refractivity contribution in [3.05, 3.63) is 35.9 Å². The van der Waals surface area contributed by atoms with Gasteiger partial charge in [0.25, 0.3) is 0 Å². The average Bonchev–Trinajstić information content (AvgIpc) is 2.92. The largest absolute Gasteiger partial charge is 0.380 e. The third-order valence-electron chi connectivity index (χ3n) is 6.19. The number of rotatable bonds is 4. The molecule has 1 spiro atoms. The van der Waals surface area contributed by atoms with E-state index in [9.17, 15) is 0 Å². The smallest absolute Gasteiger partial charge is 0.0554 e. The summed E-state index contributed by atoms with van der Waals surface area (Å²) in [5.74, 6) is 0. The van der Waals surface area contributed by atoms with E-state index >= 15 is 0 Å². The monoisotopic (exact) mass is 314 g/mol. The van der Waals surface area contributed by atoms with E-state index in [-0.39, 0.29) is 0 Å². The zero-order valence-corrected chi connectivity index (χ0v) is 14.5. The molecule has 0 bridgehead atoms. The van der Waals surface area contributed by atoms with Crippen molar-refractivity contribution in [1.82, 2.24) is 9.80 Å². The molecule has 3 saturated heterocycles. The molecule has 0 aliphatic carbocycles. The summed E-state index contributed by atoms with van der Waals surface area (Å²) in [7, 11) is 0. The Morgan fingerprint density at radius 2 is 1.61 bits per heavy atom. The summed E-state index contributed by atoms with van der Waals surface area (Å²) in [4.78, 5) is 5.36. The van der Waals surface area contributed by atoms with Crippen LogP contribution in [0.1, 0.15) is 31.7 Å². The number of ether oxygens (including phenoxy) is 1. The van der Waals surface area contributed by atoms with Crippen LogP contribution in [0.15, 0.2) is 30.3 Å². The third-order valence-corrected chi connectivity index (χ3v) is 6.19. The van der Waals surface area contributed by atoms with Gasteiger partial charge in [-0.05, 0) is 49.9 Å². The molecule has 0 aromatic heterocycles. The predicted molar refractivity (Wildman–Crippen MR) is 93.4 cm³/mol. The molecule has 0 radical (unpaired) electrons. The summed E-state index contributed by atoms with van der Waals surface area (Å²) in [5, 5.41) is 0. The molecule has 23 heavy (non-hydrogen) atoms. The lowest BCUT2D eigenvalue weighted by Crippen LogP contribution is -2.49. The van der Waals surface area contributed by atoms with Gasteiger partial charge in [-0.2, -0.15) is 0 Å². The van der Waals surface area contributed by atoms with Crippen LogP contribution >= 0.6 is 0 Å². The Morgan fingerprint density at radius 1 is 0.957 bits per heavy atom. The van der Waals surface area contributed by atoms with Gasteiger partial charge in [-0.25, -0.2) is 0 Å². The maximum Gasteiger partial charge on any atom is 0.0554 e. The maximum atomic E-state index is 5.42. The molecule has 4 rings (SSSR count). The van der Waals surface area contributed by atoms with E-state index in [0.717, 1.165) is 19.8 Å². The van der Waals surface area contributed by atoms with Crippen LogP contribution in [-0.4, -0.2) is 55.7 Å². The van der Waals surface area contributed by atoms with E-state index in [1.54, 1.807) is 0 Å². The summed E-state index contributed by atoms with van der Waals surface area (Å²) < 4.78 is 5.42. The Morgan fingerprint density at radius 3 is 2.22 bits per heavy atom. The first kappa shape index (κ1) is 15.6. The summed E-state index contributed by atoms with van der Waals surface area (Å²) in [6.07, 6.45) is 4.16. The molecule has 3 heteroatoms. The quantitative estimate of drug-likeness (QED) is 0.850. The molecule has 0 amide bonds. The van der Waals surface area contributed by atoms with E-state index in [0.29, 0.717) is 10.8 Å².